The maximum absolute atomic E-state index is 10.5. The molecule has 0 bridgehead atoms. The van der Waals surface area contributed by atoms with Gasteiger partial charge in [0.2, 0.25) is 0 Å². The van der Waals surface area contributed by atoms with Crippen molar-refractivity contribution in [2.45, 2.75) is 3.61 Å². The van der Waals surface area contributed by atoms with Gasteiger partial charge < -0.3 is 25.5 Å². The van der Waals surface area contributed by atoms with E-state index in [1.54, 1.807) is 0 Å². The van der Waals surface area contributed by atoms with Crippen molar-refractivity contribution in [3.8, 4) is 23.0 Å². The first-order chi connectivity index (χ1) is 8.85. The Labute approximate surface area is 122 Å². The first-order valence-electron chi connectivity index (χ1n) is 5.30. The van der Waals surface area contributed by atoms with Crippen molar-refractivity contribution in [3.63, 3.8) is 0 Å². The van der Waals surface area contributed by atoms with Crippen molar-refractivity contribution in [1.82, 2.24) is 0 Å². The zero-order valence-electron chi connectivity index (χ0n) is 9.58. The highest BCUT2D eigenvalue weighted by Crippen LogP contribution is 2.50. The summed E-state index contributed by atoms with van der Waals surface area (Å²) in [5.41, 5.74) is -0.403. The summed E-state index contributed by atoms with van der Waals surface area (Å²) in [7, 11) is 0. The summed E-state index contributed by atoms with van der Waals surface area (Å²) in [5.74, 6) is -1.39. The van der Waals surface area contributed by atoms with Gasteiger partial charge in [0.1, 0.15) is 23.0 Å². The monoisotopic (exact) mass is 374 g/mol. The van der Waals surface area contributed by atoms with Gasteiger partial charge in [0.25, 0.3) is 0 Å². The highest BCUT2D eigenvalue weighted by Gasteiger charge is 2.38. The normalized spacial score (nSPS) is 11.5. The smallest absolute Gasteiger partial charge is 0.180 e. The number of hydrogen-bond acceptors (Lipinski definition) is 5. The van der Waals surface area contributed by atoms with Gasteiger partial charge in [0, 0.05) is 0 Å². The summed E-state index contributed by atoms with van der Waals surface area (Å²) in [6.07, 6.45) is 0. The third-order valence-electron chi connectivity index (χ3n) is 2.70. The van der Waals surface area contributed by atoms with Gasteiger partial charge in [0.15, 0.2) is 3.61 Å². The number of hydrogen-bond donors (Lipinski definition) is 5. The Kier molecular flexibility index (Phi) is 3.46. The van der Waals surface area contributed by atoms with Crippen molar-refractivity contribution in [2.24, 2.45) is 0 Å². The molecule has 0 aliphatic carbocycles. The number of aromatic hydroxyl groups is 4. The molecule has 0 spiro atoms. The number of aliphatic hydroxyl groups is 1. The van der Waals surface area contributed by atoms with Gasteiger partial charge in [-0.1, -0.05) is 12.1 Å². The second kappa shape index (κ2) is 4.78. The largest absolute Gasteiger partial charge is 0.507 e. The van der Waals surface area contributed by atoms with Gasteiger partial charge in [-0.3, -0.25) is 0 Å². The maximum atomic E-state index is 10.5. The lowest BCUT2D eigenvalue weighted by molar-refractivity contribution is 0.183. The molecule has 6 heteroatoms. The molecule has 0 aromatic heterocycles. The zero-order valence-corrected chi connectivity index (χ0v) is 11.7. The molecule has 2 aromatic carbocycles. The van der Waals surface area contributed by atoms with Gasteiger partial charge in [0.05, 0.1) is 11.1 Å². The molecule has 0 saturated carbocycles. The first-order valence-corrected chi connectivity index (χ1v) is 6.37. The summed E-state index contributed by atoms with van der Waals surface area (Å²) < 4.78 is -1.98. The van der Waals surface area contributed by atoms with Gasteiger partial charge in [-0.05, 0) is 46.9 Å². The Balaban J connectivity index is 2.73. The average molecular weight is 374 g/mol. The molecule has 0 aliphatic rings. The van der Waals surface area contributed by atoms with E-state index in [2.05, 4.69) is 0 Å². The molecule has 0 saturated heterocycles. The molecule has 5 nitrogen and oxygen atoms in total. The summed E-state index contributed by atoms with van der Waals surface area (Å²) in [6.45, 7) is 0. The van der Waals surface area contributed by atoms with E-state index >= 15 is 0 Å². The standard InChI is InChI=1S/C13H11IO5/c14-13(19,11-7(15)3-1-4-8(11)16)12-9(17)5-2-6-10(12)18/h1-6,15-19H. The van der Waals surface area contributed by atoms with Crippen LogP contribution in [-0.2, 0) is 3.61 Å². The second-order valence-electron chi connectivity index (χ2n) is 3.96. The third-order valence-corrected chi connectivity index (χ3v) is 3.78. The summed E-state index contributed by atoms with van der Waals surface area (Å²) >= 11 is 1.53. The molecule has 5 N–H and O–H groups in total. The van der Waals surface area contributed by atoms with Crippen molar-refractivity contribution in [3.05, 3.63) is 47.5 Å². The average Bonchev–Trinajstić information content (AvgIpc) is 2.27. The third kappa shape index (κ3) is 2.28. The molecule has 2 aromatic rings. The van der Waals surface area contributed by atoms with Gasteiger partial charge in [-0.15, -0.1) is 0 Å². The minimum atomic E-state index is -1.98. The quantitative estimate of drug-likeness (QED) is 0.410. The summed E-state index contributed by atoms with van der Waals surface area (Å²) in [5, 5.41) is 49.7. The maximum Gasteiger partial charge on any atom is 0.180 e. The number of rotatable bonds is 2. The van der Waals surface area contributed by atoms with E-state index in [1.807, 2.05) is 0 Å². The van der Waals surface area contributed by atoms with Crippen LogP contribution in [0, 0.1) is 0 Å². The van der Waals surface area contributed by atoms with Gasteiger partial charge >= 0.3 is 0 Å². The van der Waals surface area contributed by atoms with E-state index < -0.39 is 3.61 Å². The number of phenols is 4. The van der Waals surface area contributed by atoms with Crippen LogP contribution in [0.1, 0.15) is 11.1 Å². The van der Waals surface area contributed by atoms with E-state index in [-0.39, 0.29) is 34.1 Å². The van der Waals surface area contributed by atoms with E-state index in [0.29, 0.717) is 0 Å². The molecule has 0 amide bonds. The van der Waals surface area contributed by atoms with E-state index in [1.165, 1.54) is 59.0 Å². The number of alkyl halides is 1. The van der Waals surface area contributed by atoms with Crippen LogP contribution >= 0.6 is 22.6 Å². The molecule has 0 atom stereocenters. The molecule has 0 unspecified atom stereocenters. The molecule has 0 heterocycles. The molecule has 19 heavy (non-hydrogen) atoms. The molecular formula is C13H11IO5. The van der Waals surface area contributed by atoms with Crippen molar-refractivity contribution >= 4 is 22.6 Å². The Bertz CT molecular complexity index is 530. The Morgan fingerprint density at radius 2 is 0.947 bits per heavy atom. The molecule has 0 aliphatic heterocycles. The van der Waals surface area contributed by atoms with Crippen LogP contribution in [0.4, 0.5) is 0 Å². The summed E-state index contributed by atoms with van der Waals surface area (Å²) in [4.78, 5) is 0. The van der Waals surface area contributed by atoms with Crippen LogP contribution in [0.25, 0.3) is 0 Å². The van der Waals surface area contributed by atoms with Crippen molar-refractivity contribution in [2.75, 3.05) is 0 Å². The van der Waals surface area contributed by atoms with Gasteiger partial charge in [-0.25, -0.2) is 0 Å². The lowest BCUT2D eigenvalue weighted by Crippen LogP contribution is -2.19. The van der Waals surface area contributed by atoms with Crippen molar-refractivity contribution < 1.29 is 25.5 Å². The van der Waals surface area contributed by atoms with E-state index in [0.717, 1.165) is 0 Å². The molecule has 0 radical (unpaired) electrons. The number of halogens is 1. The zero-order chi connectivity index (χ0) is 14.2. The van der Waals surface area contributed by atoms with Crippen LogP contribution in [0.5, 0.6) is 23.0 Å². The Morgan fingerprint density at radius 1 is 0.684 bits per heavy atom. The first kappa shape index (κ1) is 13.8. The van der Waals surface area contributed by atoms with Gasteiger partial charge in [-0.2, -0.15) is 0 Å². The molecule has 0 fully saturated rings. The molecular weight excluding hydrogens is 363 g/mol. The minimum absolute atomic E-state index is 0.201. The predicted octanol–water partition coefficient (Wildman–Crippen LogP) is 2.14. The lowest BCUT2D eigenvalue weighted by atomic mass is 9.98. The Hall–Kier alpha value is -1.67. The van der Waals surface area contributed by atoms with E-state index in [4.69, 9.17) is 0 Å². The van der Waals surface area contributed by atoms with E-state index in [9.17, 15) is 25.5 Å². The van der Waals surface area contributed by atoms with Crippen LogP contribution in [-0.4, -0.2) is 25.5 Å². The number of phenolic OH excluding ortho intramolecular Hbond substituents is 4. The molecule has 2 rings (SSSR count). The van der Waals surface area contributed by atoms with Crippen LogP contribution in [0.3, 0.4) is 0 Å². The van der Waals surface area contributed by atoms with Crippen LogP contribution < -0.4 is 0 Å². The molecule has 100 valence electrons. The lowest BCUT2D eigenvalue weighted by Gasteiger charge is -2.25. The summed E-state index contributed by atoms with van der Waals surface area (Å²) in [6, 6.07) is 7.97. The fourth-order valence-electron chi connectivity index (χ4n) is 1.86. The highest BCUT2D eigenvalue weighted by molar-refractivity contribution is 14.1. The number of benzene rings is 2. The second-order valence-corrected chi connectivity index (χ2v) is 5.53. The fourth-order valence-corrected chi connectivity index (χ4v) is 2.97. The van der Waals surface area contributed by atoms with Crippen LogP contribution in [0.2, 0.25) is 0 Å². The topological polar surface area (TPSA) is 101 Å². The fraction of sp³-hybridized carbons (Fsp3) is 0.0769. The SMILES string of the molecule is Oc1cccc(O)c1C(O)(I)c1c(O)cccc1O. The van der Waals surface area contributed by atoms with Crippen LogP contribution in [0.15, 0.2) is 36.4 Å². The Morgan fingerprint density at radius 3 is 1.21 bits per heavy atom. The highest BCUT2D eigenvalue weighted by atomic mass is 127. The minimum Gasteiger partial charge on any atom is -0.507 e. The van der Waals surface area contributed by atoms with Crippen molar-refractivity contribution in [1.29, 1.82) is 0 Å². The predicted molar refractivity (Wildman–Crippen MR) is 76.6 cm³/mol.